The second-order valence-corrected chi connectivity index (χ2v) is 3.91. The molecule has 0 atom stereocenters. The molecule has 67 valence electrons. The van der Waals surface area contributed by atoms with Gasteiger partial charge in [0, 0.05) is 35.2 Å². The molecule has 13 heavy (non-hydrogen) atoms. The first kappa shape index (κ1) is 12.9. The molecule has 0 heterocycles. The van der Waals surface area contributed by atoms with Crippen molar-refractivity contribution in [3.05, 3.63) is 23.8 Å². The van der Waals surface area contributed by atoms with Crippen molar-refractivity contribution in [3.8, 4) is 0 Å². The molecule has 0 spiro atoms. The van der Waals surface area contributed by atoms with E-state index >= 15 is 0 Å². The summed E-state index contributed by atoms with van der Waals surface area (Å²) in [6.45, 7) is 1.67. The minimum absolute atomic E-state index is 0. The van der Waals surface area contributed by atoms with Gasteiger partial charge in [0.2, 0.25) is 0 Å². The molecule has 0 saturated heterocycles. The first-order valence-corrected chi connectivity index (χ1v) is 4.69. The Morgan fingerprint density at radius 1 is 1.38 bits per heavy atom. The maximum absolute atomic E-state index is 10.6. The topological polar surface area (TPSA) is 80.4 Å². The molecule has 0 aromatic heterocycles. The van der Waals surface area contributed by atoms with Gasteiger partial charge in [0.05, 0.1) is 4.90 Å². The summed E-state index contributed by atoms with van der Waals surface area (Å²) in [6.07, 6.45) is 0. The summed E-state index contributed by atoms with van der Waals surface area (Å²) in [5, 5.41) is 0. The zero-order valence-electron chi connectivity index (χ0n) is 7.48. The van der Waals surface area contributed by atoms with Crippen LogP contribution in [-0.2, 0) is 10.1 Å². The summed E-state index contributed by atoms with van der Waals surface area (Å²) in [5.41, 5.74) is 6.59. The Balaban J connectivity index is 0.00000144. The van der Waals surface area contributed by atoms with Crippen LogP contribution in [0.1, 0.15) is 5.56 Å². The van der Waals surface area contributed by atoms with Crippen molar-refractivity contribution in [2.45, 2.75) is 11.8 Å². The van der Waals surface area contributed by atoms with Crippen molar-refractivity contribution < 1.29 is 13.0 Å². The second kappa shape index (κ2) is 4.43. The van der Waals surface area contributed by atoms with Crippen LogP contribution in [0.2, 0.25) is 0 Å². The normalized spacial score (nSPS) is 10.6. The monoisotopic (exact) mass is 210 g/mol. The number of nitrogen functional groups attached to an aromatic ring is 1. The molecular formula is C7H9NNaO3S. The molecule has 1 rings (SSSR count). The van der Waals surface area contributed by atoms with Crippen molar-refractivity contribution in [1.29, 1.82) is 0 Å². The van der Waals surface area contributed by atoms with E-state index in [1.807, 2.05) is 0 Å². The van der Waals surface area contributed by atoms with Gasteiger partial charge < -0.3 is 5.73 Å². The zero-order chi connectivity index (χ0) is 9.35. The van der Waals surface area contributed by atoms with Gasteiger partial charge in [-0.15, -0.1) is 0 Å². The number of benzene rings is 1. The van der Waals surface area contributed by atoms with Gasteiger partial charge in [-0.25, -0.2) is 0 Å². The minimum Gasteiger partial charge on any atom is -0.399 e. The van der Waals surface area contributed by atoms with Crippen LogP contribution in [0.3, 0.4) is 0 Å². The van der Waals surface area contributed by atoms with E-state index in [0.717, 1.165) is 0 Å². The van der Waals surface area contributed by atoms with E-state index in [1.165, 1.54) is 18.2 Å². The molecule has 3 N–H and O–H groups in total. The van der Waals surface area contributed by atoms with Gasteiger partial charge >= 0.3 is 0 Å². The van der Waals surface area contributed by atoms with E-state index < -0.39 is 10.1 Å². The summed E-state index contributed by atoms with van der Waals surface area (Å²) in [6, 6.07) is 4.03. The van der Waals surface area contributed by atoms with E-state index in [4.69, 9.17) is 10.3 Å². The van der Waals surface area contributed by atoms with Crippen LogP contribution in [0.25, 0.3) is 0 Å². The third-order valence-corrected chi connectivity index (χ3v) is 2.39. The summed E-state index contributed by atoms with van der Waals surface area (Å²) < 4.78 is 29.9. The Hall–Kier alpha value is -0.0700. The minimum atomic E-state index is -4.10. The predicted octanol–water partition coefficient (Wildman–Crippen LogP) is 0.443. The molecule has 1 aromatic rings. The van der Waals surface area contributed by atoms with E-state index in [9.17, 15) is 8.42 Å². The molecule has 0 aliphatic rings. The second-order valence-electron chi connectivity index (χ2n) is 2.49. The Kier molecular flexibility index (Phi) is 4.41. The molecule has 1 radical (unpaired) electrons. The first-order valence-electron chi connectivity index (χ1n) is 3.25. The SMILES string of the molecule is Cc1cc(S(=O)(=O)O)ccc1N.[Na]. The van der Waals surface area contributed by atoms with Gasteiger partial charge in [-0.1, -0.05) is 0 Å². The maximum Gasteiger partial charge on any atom is 0.294 e. The average Bonchev–Trinajstić information content (AvgIpc) is 1.92. The molecule has 0 aliphatic carbocycles. The van der Waals surface area contributed by atoms with Crippen LogP contribution in [0.15, 0.2) is 23.1 Å². The fourth-order valence-electron chi connectivity index (χ4n) is 0.809. The zero-order valence-corrected chi connectivity index (χ0v) is 10.3. The van der Waals surface area contributed by atoms with E-state index in [-0.39, 0.29) is 34.5 Å². The van der Waals surface area contributed by atoms with Crippen molar-refractivity contribution in [3.63, 3.8) is 0 Å². The standard InChI is InChI=1S/C7H9NO3S.Na/c1-5-4-6(12(9,10)11)2-3-7(5)8;/h2-4H,8H2,1H3,(H,9,10,11);. The Morgan fingerprint density at radius 3 is 2.31 bits per heavy atom. The smallest absolute Gasteiger partial charge is 0.294 e. The number of hydrogen-bond donors (Lipinski definition) is 2. The van der Waals surface area contributed by atoms with E-state index in [2.05, 4.69) is 0 Å². The molecule has 0 unspecified atom stereocenters. The predicted molar refractivity (Wildman–Crippen MR) is 51.2 cm³/mol. The number of rotatable bonds is 1. The van der Waals surface area contributed by atoms with Gasteiger partial charge in [-0.05, 0) is 30.7 Å². The third kappa shape index (κ3) is 3.28. The van der Waals surface area contributed by atoms with Crippen LogP contribution in [-0.4, -0.2) is 42.5 Å². The molecule has 1 aromatic carbocycles. The number of hydrogen-bond acceptors (Lipinski definition) is 3. The summed E-state index contributed by atoms with van der Waals surface area (Å²) in [5.74, 6) is 0. The van der Waals surface area contributed by atoms with Gasteiger partial charge in [0.1, 0.15) is 0 Å². The quantitative estimate of drug-likeness (QED) is 0.400. The average molecular weight is 210 g/mol. The Bertz CT molecular complexity index is 402. The fraction of sp³-hybridized carbons (Fsp3) is 0.143. The van der Waals surface area contributed by atoms with Gasteiger partial charge in [-0.3, -0.25) is 4.55 Å². The molecule has 4 nitrogen and oxygen atoms in total. The number of aryl methyl sites for hydroxylation is 1. The van der Waals surface area contributed by atoms with Gasteiger partial charge in [0.25, 0.3) is 10.1 Å². The van der Waals surface area contributed by atoms with E-state index in [1.54, 1.807) is 6.92 Å². The Labute approximate surface area is 99.2 Å². The molecule has 0 amide bonds. The summed E-state index contributed by atoms with van der Waals surface area (Å²) >= 11 is 0. The number of anilines is 1. The molecule has 0 aliphatic heterocycles. The number of nitrogens with two attached hydrogens (primary N) is 1. The first-order chi connectivity index (χ1) is 5.41. The van der Waals surface area contributed by atoms with Crippen molar-refractivity contribution in [2.75, 3.05) is 5.73 Å². The maximum atomic E-state index is 10.6. The summed E-state index contributed by atoms with van der Waals surface area (Å²) in [4.78, 5) is -0.130. The van der Waals surface area contributed by atoms with Crippen LogP contribution in [0.5, 0.6) is 0 Å². The summed E-state index contributed by atoms with van der Waals surface area (Å²) in [7, 11) is -4.10. The van der Waals surface area contributed by atoms with Crippen molar-refractivity contribution >= 4 is 45.4 Å². The van der Waals surface area contributed by atoms with Gasteiger partial charge in [-0.2, -0.15) is 8.42 Å². The van der Waals surface area contributed by atoms with E-state index in [0.29, 0.717) is 11.3 Å². The Morgan fingerprint density at radius 2 is 1.92 bits per heavy atom. The molecule has 0 fully saturated rings. The third-order valence-electron chi connectivity index (χ3n) is 1.54. The largest absolute Gasteiger partial charge is 0.399 e. The van der Waals surface area contributed by atoms with Crippen LogP contribution in [0, 0.1) is 6.92 Å². The van der Waals surface area contributed by atoms with Crippen LogP contribution in [0.4, 0.5) is 5.69 Å². The molecule has 0 saturated carbocycles. The molecule has 0 bridgehead atoms. The van der Waals surface area contributed by atoms with Crippen LogP contribution >= 0.6 is 0 Å². The molecule has 6 heteroatoms. The van der Waals surface area contributed by atoms with Crippen LogP contribution < -0.4 is 5.73 Å². The van der Waals surface area contributed by atoms with Crippen molar-refractivity contribution in [2.24, 2.45) is 0 Å². The fourth-order valence-corrected chi connectivity index (χ4v) is 1.37. The van der Waals surface area contributed by atoms with Gasteiger partial charge in [0.15, 0.2) is 0 Å². The molecular weight excluding hydrogens is 201 g/mol. The van der Waals surface area contributed by atoms with Crippen molar-refractivity contribution in [1.82, 2.24) is 0 Å².